The highest BCUT2D eigenvalue weighted by atomic mass is 79.9. The highest BCUT2D eigenvalue weighted by Gasteiger charge is 2.44. The van der Waals surface area contributed by atoms with Crippen molar-refractivity contribution in [3.63, 3.8) is 0 Å². The molecule has 3 aromatic carbocycles. The van der Waals surface area contributed by atoms with Crippen molar-refractivity contribution in [2.75, 3.05) is 25.6 Å². The van der Waals surface area contributed by atoms with Crippen molar-refractivity contribution in [3.05, 3.63) is 100 Å². The number of aliphatic hydroxyl groups is 1. The van der Waals surface area contributed by atoms with Crippen molar-refractivity contribution >= 4 is 43.7 Å². The number of nitrogens with zero attached hydrogens (tertiary/aromatic N) is 2. The molecule has 6 rings (SSSR count). The minimum absolute atomic E-state index is 0.426. The summed E-state index contributed by atoms with van der Waals surface area (Å²) < 4.78 is 12.9. The second-order valence-electron chi connectivity index (χ2n) is 9.17. The van der Waals surface area contributed by atoms with Crippen LogP contribution in [0.2, 0.25) is 0 Å². The van der Waals surface area contributed by atoms with E-state index in [1.165, 1.54) is 0 Å². The van der Waals surface area contributed by atoms with E-state index in [4.69, 9.17) is 14.1 Å². The first-order chi connectivity index (χ1) is 17.0. The van der Waals surface area contributed by atoms with Crippen LogP contribution in [0.5, 0.6) is 5.88 Å². The van der Waals surface area contributed by atoms with Crippen LogP contribution < -0.4 is 9.64 Å². The highest BCUT2D eigenvalue weighted by Crippen LogP contribution is 2.50. The molecule has 5 aromatic rings. The maximum atomic E-state index is 12.8. The van der Waals surface area contributed by atoms with Crippen molar-refractivity contribution in [2.24, 2.45) is 0 Å². The van der Waals surface area contributed by atoms with Gasteiger partial charge in [0.25, 0.3) is 0 Å². The van der Waals surface area contributed by atoms with Gasteiger partial charge >= 0.3 is 0 Å². The Kier molecular flexibility index (Phi) is 5.31. The summed E-state index contributed by atoms with van der Waals surface area (Å²) in [4.78, 5) is 6.90. The third-order valence-electron chi connectivity index (χ3n) is 7.10. The molecule has 3 heterocycles. The van der Waals surface area contributed by atoms with Gasteiger partial charge in [0.15, 0.2) is 5.88 Å². The summed E-state index contributed by atoms with van der Waals surface area (Å²) in [5.74, 6) is 0.892. The molecule has 0 spiro atoms. The largest absolute Gasteiger partial charge is 0.481 e. The summed E-state index contributed by atoms with van der Waals surface area (Å²) in [6, 6.07) is 26.2. The van der Waals surface area contributed by atoms with Crippen LogP contribution in [0.1, 0.15) is 29.0 Å². The van der Waals surface area contributed by atoms with Gasteiger partial charge in [0.05, 0.1) is 12.6 Å². The van der Waals surface area contributed by atoms with E-state index in [9.17, 15) is 5.11 Å². The molecule has 1 N–H and O–H groups in total. The van der Waals surface area contributed by atoms with E-state index >= 15 is 0 Å². The summed E-state index contributed by atoms with van der Waals surface area (Å²) in [6.45, 7) is 0.623. The van der Waals surface area contributed by atoms with Crippen LogP contribution in [-0.2, 0) is 5.60 Å². The first-order valence-corrected chi connectivity index (χ1v) is 12.4. The molecule has 0 amide bonds. The first kappa shape index (κ1) is 22.1. The molecule has 1 aliphatic rings. The summed E-state index contributed by atoms with van der Waals surface area (Å²) in [7, 11) is 3.63. The lowest BCUT2D eigenvalue weighted by Gasteiger charge is -2.39. The van der Waals surface area contributed by atoms with Crippen LogP contribution >= 0.6 is 15.9 Å². The predicted molar refractivity (Wildman–Crippen MR) is 142 cm³/mol. The molecule has 0 saturated heterocycles. The van der Waals surface area contributed by atoms with Gasteiger partial charge in [-0.2, -0.15) is 0 Å². The predicted octanol–water partition coefficient (Wildman–Crippen LogP) is 6.61. The van der Waals surface area contributed by atoms with Crippen molar-refractivity contribution in [1.29, 1.82) is 0 Å². The van der Waals surface area contributed by atoms with Crippen LogP contribution in [-0.4, -0.2) is 30.8 Å². The van der Waals surface area contributed by atoms with Crippen molar-refractivity contribution in [1.82, 2.24) is 4.98 Å². The highest BCUT2D eigenvalue weighted by molar-refractivity contribution is 9.10. The molecule has 176 valence electrons. The van der Waals surface area contributed by atoms with E-state index in [1.54, 1.807) is 7.11 Å². The molecule has 2 bridgehead atoms. The Bertz CT molecular complexity index is 1550. The van der Waals surface area contributed by atoms with E-state index in [-0.39, 0.29) is 0 Å². The fourth-order valence-electron chi connectivity index (χ4n) is 5.37. The molecule has 6 heteroatoms. The number of pyridine rings is 1. The summed E-state index contributed by atoms with van der Waals surface area (Å²) >= 11 is 3.59. The molecule has 5 nitrogen and oxygen atoms in total. The molecule has 0 radical (unpaired) electrons. The lowest BCUT2D eigenvalue weighted by Crippen LogP contribution is -2.39. The molecule has 0 saturated carbocycles. The topological polar surface area (TPSA) is 58.7 Å². The lowest BCUT2D eigenvalue weighted by molar-refractivity contribution is 0.0130. The van der Waals surface area contributed by atoms with Gasteiger partial charge < -0.3 is 19.2 Å². The number of hydrogen-bond acceptors (Lipinski definition) is 5. The Morgan fingerprint density at radius 2 is 1.89 bits per heavy atom. The maximum Gasteiger partial charge on any atom is 0.217 e. The Labute approximate surface area is 212 Å². The minimum atomic E-state index is -1.24. The third-order valence-corrected chi connectivity index (χ3v) is 7.60. The first-order valence-electron chi connectivity index (χ1n) is 11.6. The van der Waals surface area contributed by atoms with Crippen LogP contribution in [0.25, 0.3) is 21.9 Å². The fourth-order valence-corrected chi connectivity index (χ4v) is 5.75. The summed E-state index contributed by atoms with van der Waals surface area (Å²) in [6.07, 6.45) is 0.500. The number of methoxy groups -OCH3 is 1. The molecular weight excluding hydrogens is 504 g/mol. The Morgan fingerprint density at radius 3 is 2.69 bits per heavy atom. The lowest BCUT2D eigenvalue weighted by atomic mass is 9.70. The van der Waals surface area contributed by atoms with Crippen LogP contribution in [0.15, 0.2) is 87.8 Å². The number of aromatic nitrogens is 1. The van der Waals surface area contributed by atoms with Gasteiger partial charge in [-0.1, -0.05) is 58.4 Å². The van der Waals surface area contributed by atoms with Crippen molar-refractivity contribution < 1.29 is 14.3 Å². The second-order valence-corrected chi connectivity index (χ2v) is 10.1. The zero-order valence-electron chi connectivity index (χ0n) is 19.5. The SMILES string of the molecule is COc1nc2ccc(Br)cc2cc1C(c1ccccc1)C1(O)CCN(C)c2cc3c1cccc3o2. The molecule has 2 unspecified atom stereocenters. The Morgan fingerprint density at radius 1 is 1.06 bits per heavy atom. The van der Waals surface area contributed by atoms with Crippen molar-refractivity contribution in [2.45, 2.75) is 17.9 Å². The summed E-state index contributed by atoms with van der Waals surface area (Å²) in [5.41, 5.74) is 3.05. The third kappa shape index (κ3) is 3.60. The Balaban J connectivity index is 1.67. The average molecular weight is 529 g/mol. The number of anilines is 1. The smallest absolute Gasteiger partial charge is 0.217 e. The van der Waals surface area contributed by atoms with E-state index in [0.29, 0.717) is 18.8 Å². The van der Waals surface area contributed by atoms with Gasteiger partial charge in [-0.15, -0.1) is 0 Å². The number of benzene rings is 3. The number of ether oxygens (including phenoxy) is 1. The van der Waals surface area contributed by atoms with E-state index < -0.39 is 11.5 Å². The van der Waals surface area contributed by atoms with Gasteiger partial charge in [-0.25, -0.2) is 4.98 Å². The minimum Gasteiger partial charge on any atom is -0.481 e. The summed E-state index contributed by atoms with van der Waals surface area (Å²) in [5, 5.41) is 14.7. The van der Waals surface area contributed by atoms with Gasteiger partial charge in [0.1, 0.15) is 11.2 Å². The second kappa shape index (κ2) is 8.40. The van der Waals surface area contributed by atoms with Crippen LogP contribution in [0, 0.1) is 0 Å². The average Bonchev–Trinajstić information content (AvgIpc) is 3.32. The van der Waals surface area contributed by atoms with Gasteiger partial charge in [-0.05, 0) is 47.9 Å². The normalized spacial score (nSPS) is 18.6. The fraction of sp³-hybridized carbons (Fsp3) is 0.207. The van der Waals surface area contributed by atoms with Crippen LogP contribution in [0.4, 0.5) is 5.88 Å². The molecule has 35 heavy (non-hydrogen) atoms. The molecule has 2 atom stereocenters. The van der Waals surface area contributed by atoms with Gasteiger partial charge in [0, 0.05) is 46.4 Å². The van der Waals surface area contributed by atoms with Gasteiger partial charge in [-0.3, -0.25) is 0 Å². The zero-order valence-corrected chi connectivity index (χ0v) is 21.1. The number of furan rings is 1. The van der Waals surface area contributed by atoms with Gasteiger partial charge in [0.2, 0.25) is 5.88 Å². The molecule has 0 aliphatic carbocycles. The molecular formula is C29H25BrN2O3. The standard InChI is InChI=1S/C29H25BrN2O3/c1-32-14-13-29(33,23-9-6-10-25-21(23)17-26(32)35-25)27(18-7-4-3-5-8-18)22-16-19-15-20(30)11-12-24(19)31-28(22)34-2/h3-12,15-17,27,33H,13-14H2,1-2H3. The van der Waals surface area contributed by atoms with Crippen LogP contribution in [0.3, 0.4) is 0 Å². The molecule has 0 fully saturated rings. The quantitative estimate of drug-likeness (QED) is 0.284. The monoisotopic (exact) mass is 528 g/mol. The molecule has 2 aromatic heterocycles. The number of fused-ring (bicyclic) bond motifs is 2. The van der Waals surface area contributed by atoms with E-state index in [1.807, 2.05) is 67.7 Å². The number of halogens is 1. The van der Waals surface area contributed by atoms with E-state index in [2.05, 4.69) is 39.0 Å². The number of rotatable bonds is 4. The number of hydrogen-bond donors (Lipinski definition) is 1. The van der Waals surface area contributed by atoms with Crippen molar-refractivity contribution in [3.8, 4) is 5.88 Å². The Hall–Kier alpha value is -3.35. The zero-order chi connectivity index (χ0) is 24.2. The maximum absolute atomic E-state index is 12.8. The molecule has 1 aliphatic heterocycles. The van der Waals surface area contributed by atoms with E-state index in [0.717, 1.165) is 48.9 Å².